The number of amides is 2. The third-order valence-electron chi connectivity index (χ3n) is 5.95. The monoisotopic (exact) mass is 464 g/mol. The van der Waals surface area contributed by atoms with Crippen molar-refractivity contribution >= 4 is 17.5 Å². The molecule has 0 aliphatic rings. The third-order valence-corrected chi connectivity index (χ3v) is 5.95. The van der Waals surface area contributed by atoms with E-state index in [0.717, 1.165) is 22.3 Å². The summed E-state index contributed by atoms with van der Waals surface area (Å²) in [6, 6.07) is 36.6. The van der Waals surface area contributed by atoms with E-state index >= 15 is 0 Å². The quantitative estimate of drug-likeness (QED) is 0.305. The van der Waals surface area contributed by atoms with Gasteiger partial charge >= 0.3 is 0 Å². The highest BCUT2D eigenvalue weighted by molar-refractivity contribution is 5.93. The number of aliphatic hydroxyl groups is 1. The lowest BCUT2D eigenvalue weighted by Gasteiger charge is -2.37. The van der Waals surface area contributed by atoms with E-state index in [1.807, 2.05) is 91.0 Å². The summed E-state index contributed by atoms with van der Waals surface area (Å²) < 4.78 is 0. The van der Waals surface area contributed by atoms with Crippen LogP contribution in [0.2, 0.25) is 0 Å². The second-order valence-corrected chi connectivity index (χ2v) is 8.30. The Morgan fingerprint density at radius 3 is 1.46 bits per heavy atom. The van der Waals surface area contributed by atoms with Crippen LogP contribution in [-0.2, 0) is 21.7 Å². The zero-order valence-corrected chi connectivity index (χ0v) is 19.4. The number of anilines is 1. The van der Waals surface area contributed by atoms with Gasteiger partial charge in [-0.25, -0.2) is 0 Å². The SMILES string of the molecule is O=C(CCC(=O)NC(c1ccccc1)(c1ccccc1)c1ccccc1)Nc1ccc(CO)cc1. The molecule has 0 radical (unpaired) electrons. The number of carbonyl (C=O) groups excluding carboxylic acids is 2. The van der Waals surface area contributed by atoms with Crippen LogP contribution in [-0.4, -0.2) is 16.9 Å². The fraction of sp³-hybridized carbons (Fsp3) is 0.133. The molecule has 5 heteroatoms. The van der Waals surface area contributed by atoms with Gasteiger partial charge in [-0.15, -0.1) is 0 Å². The van der Waals surface area contributed by atoms with Crippen molar-refractivity contribution in [2.45, 2.75) is 25.0 Å². The molecule has 0 aliphatic heterocycles. The van der Waals surface area contributed by atoms with E-state index in [1.165, 1.54) is 0 Å². The molecule has 0 bridgehead atoms. The number of rotatable bonds is 9. The maximum Gasteiger partial charge on any atom is 0.224 e. The van der Waals surface area contributed by atoms with Crippen LogP contribution in [0.1, 0.15) is 35.1 Å². The van der Waals surface area contributed by atoms with Gasteiger partial charge in [-0.05, 0) is 34.4 Å². The van der Waals surface area contributed by atoms with Crippen LogP contribution >= 0.6 is 0 Å². The minimum atomic E-state index is -0.905. The van der Waals surface area contributed by atoms with Gasteiger partial charge in [0.2, 0.25) is 11.8 Å². The molecular formula is C30H28N2O3. The Labute approximate surface area is 205 Å². The zero-order valence-electron chi connectivity index (χ0n) is 19.4. The van der Waals surface area contributed by atoms with Gasteiger partial charge in [0.1, 0.15) is 5.54 Å². The summed E-state index contributed by atoms with van der Waals surface area (Å²) in [5.74, 6) is -0.478. The number of hydrogen-bond donors (Lipinski definition) is 3. The Hall–Kier alpha value is -4.22. The summed E-state index contributed by atoms with van der Waals surface area (Å²) in [5.41, 5.74) is 3.27. The normalized spacial score (nSPS) is 11.0. The highest BCUT2D eigenvalue weighted by Gasteiger charge is 2.37. The van der Waals surface area contributed by atoms with Crippen LogP contribution in [0, 0.1) is 0 Å². The third kappa shape index (κ3) is 5.65. The van der Waals surface area contributed by atoms with E-state index in [2.05, 4.69) is 10.6 Å². The molecule has 35 heavy (non-hydrogen) atoms. The molecule has 0 fully saturated rings. The van der Waals surface area contributed by atoms with Crippen LogP contribution in [0.25, 0.3) is 0 Å². The molecule has 0 saturated carbocycles. The molecule has 0 atom stereocenters. The number of carbonyl (C=O) groups is 2. The molecule has 0 unspecified atom stereocenters. The minimum absolute atomic E-state index is 0.0365. The molecule has 176 valence electrons. The predicted octanol–water partition coefficient (Wildman–Crippen LogP) is 5.01. The maximum atomic E-state index is 13.3. The van der Waals surface area contributed by atoms with Gasteiger partial charge in [-0.1, -0.05) is 103 Å². The summed E-state index contributed by atoms with van der Waals surface area (Å²) in [6.07, 6.45) is 0.0802. The second-order valence-electron chi connectivity index (χ2n) is 8.30. The summed E-state index contributed by atoms with van der Waals surface area (Å²) in [7, 11) is 0. The number of nitrogens with one attached hydrogen (secondary N) is 2. The molecule has 0 spiro atoms. The van der Waals surface area contributed by atoms with E-state index < -0.39 is 5.54 Å². The van der Waals surface area contributed by atoms with Gasteiger partial charge in [0.05, 0.1) is 6.61 Å². The molecular weight excluding hydrogens is 436 g/mol. The molecule has 0 aromatic heterocycles. The molecule has 4 aromatic carbocycles. The maximum absolute atomic E-state index is 13.3. The summed E-state index contributed by atoms with van der Waals surface area (Å²) in [4.78, 5) is 25.8. The van der Waals surface area contributed by atoms with Crippen LogP contribution in [0.5, 0.6) is 0 Å². The molecule has 4 aromatic rings. The molecule has 0 saturated heterocycles. The van der Waals surface area contributed by atoms with Gasteiger partial charge in [0, 0.05) is 18.5 Å². The molecule has 3 N–H and O–H groups in total. The Kier molecular flexibility index (Phi) is 7.70. The molecule has 0 heterocycles. The van der Waals surface area contributed by atoms with Gasteiger partial charge in [-0.3, -0.25) is 9.59 Å². The van der Waals surface area contributed by atoms with Crippen molar-refractivity contribution in [3.63, 3.8) is 0 Å². The van der Waals surface area contributed by atoms with Crippen molar-refractivity contribution in [3.05, 3.63) is 138 Å². The van der Waals surface area contributed by atoms with Crippen LogP contribution in [0.15, 0.2) is 115 Å². The summed E-state index contributed by atoms with van der Waals surface area (Å²) >= 11 is 0. The van der Waals surface area contributed by atoms with Gasteiger partial charge < -0.3 is 15.7 Å². The van der Waals surface area contributed by atoms with Crippen molar-refractivity contribution in [2.24, 2.45) is 0 Å². The van der Waals surface area contributed by atoms with Crippen LogP contribution in [0.3, 0.4) is 0 Å². The largest absolute Gasteiger partial charge is 0.392 e. The fourth-order valence-electron chi connectivity index (χ4n) is 4.20. The Balaban J connectivity index is 1.57. The lowest BCUT2D eigenvalue weighted by molar-refractivity contribution is -0.125. The van der Waals surface area contributed by atoms with E-state index in [1.54, 1.807) is 24.3 Å². The molecule has 4 rings (SSSR count). The topological polar surface area (TPSA) is 78.4 Å². The van der Waals surface area contributed by atoms with Gasteiger partial charge in [0.15, 0.2) is 0 Å². The minimum Gasteiger partial charge on any atom is -0.392 e. The lowest BCUT2D eigenvalue weighted by Crippen LogP contribution is -2.48. The second kappa shape index (κ2) is 11.3. The first-order valence-electron chi connectivity index (χ1n) is 11.6. The number of aliphatic hydroxyl groups excluding tert-OH is 1. The molecule has 0 aliphatic carbocycles. The Morgan fingerprint density at radius 1 is 0.600 bits per heavy atom. The zero-order chi connectivity index (χ0) is 24.5. The van der Waals surface area contributed by atoms with E-state index in [-0.39, 0.29) is 31.3 Å². The standard InChI is InChI=1S/C30H28N2O3/c33-22-23-16-18-27(19-17-23)31-28(34)20-21-29(35)32-30(24-10-4-1-5-11-24,25-12-6-2-7-13-25)26-14-8-3-9-15-26/h1-19,33H,20-22H2,(H,31,34)(H,32,35). The number of benzene rings is 4. The van der Waals surface area contributed by atoms with Crippen molar-refractivity contribution in [2.75, 3.05) is 5.32 Å². The lowest BCUT2D eigenvalue weighted by atomic mass is 9.77. The molecule has 5 nitrogen and oxygen atoms in total. The fourth-order valence-corrected chi connectivity index (χ4v) is 4.20. The van der Waals surface area contributed by atoms with E-state index in [4.69, 9.17) is 5.11 Å². The Bertz CT molecular complexity index is 1140. The average Bonchev–Trinajstić information content (AvgIpc) is 2.92. The smallest absolute Gasteiger partial charge is 0.224 e. The van der Waals surface area contributed by atoms with Crippen molar-refractivity contribution in [3.8, 4) is 0 Å². The van der Waals surface area contributed by atoms with Gasteiger partial charge in [0.25, 0.3) is 0 Å². The first-order valence-corrected chi connectivity index (χ1v) is 11.6. The highest BCUT2D eigenvalue weighted by Crippen LogP contribution is 2.36. The molecule has 2 amide bonds. The van der Waals surface area contributed by atoms with Crippen molar-refractivity contribution < 1.29 is 14.7 Å². The number of hydrogen-bond acceptors (Lipinski definition) is 3. The van der Waals surface area contributed by atoms with Crippen molar-refractivity contribution in [1.82, 2.24) is 5.32 Å². The van der Waals surface area contributed by atoms with E-state index in [9.17, 15) is 9.59 Å². The predicted molar refractivity (Wildman–Crippen MR) is 138 cm³/mol. The van der Waals surface area contributed by atoms with Gasteiger partial charge in [-0.2, -0.15) is 0 Å². The van der Waals surface area contributed by atoms with Crippen LogP contribution in [0.4, 0.5) is 5.69 Å². The average molecular weight is 465 g/mol. The van der Waals surface area contributed by atoms with E-state index in [0.29, 0.717) is 5.69 Å². The van der Waals surface area contributed by atoms with Crippen LogP contribution < -0.4 is 10.6 Å². The highest BCUT2D eigenvalue weighted by atomic mass is 16.3. The Morgan fingerprint density at radius 2 is 1.03 bits per heavy atom. The first kappa shape index (κ1) is 23.9. The summed E-state index contributed by atoms with van der Waals surface area (Å²) in [6.45, 7) is -0.0552. The summed E-state index contributed by atoms with van der Waals surface area (Å²) in [5, 5.41) is 15.2. The van der Waals surface area contributed by atoms with Crippen molar-refractivity contribution in [1.29, 1.82) is 0 Å². The first-order chi connectivity index (χ1) is 17.1.